The molecule has 0 aliphatic rings. The highest BCUT2D eigenvalue weighted by molar-refractivity contribution is 5.93. The van der Waals surface area contributed by atoms with Gasteiger partial charge in [-0.25, -0.2) is 4.79 Å². The summed E-state index contributed by atoms with van der Waals surface area (Å²) in [6.45, 7) is 9.90. The van der Waals surface area contributed by atoms with Crippen LogP contribution in [0.1, 0.15) is 50.4 Å². The van der Waals surface area contributed by atoms with Gasteiger partial charge in [0.25, 0.3) is 0 Å². The minimum atomic E-state index is -0.359. The molecule has 0 aromatic heterocycles. The van der Waals surface area contributed by atoms with Crippen LogP contribution in [0.25, 0.3) is 0 Å². The fraction of sp³-hybridized carbons (Fsp3) is 0.611. The second-order valence-corrected chi connectivity index (χ2v) is 5.47. The van der Waals surface area contributed by atoms with Gasteiger partial charge in [-0.05, 0) is 31.6 Å². The summed E-state index contributed by atoms with van der Waals surface area (Å²) in [7, 11) is 0. The number of esters is 1. The molecule has 0 spiro atoms. The number of unbranched alkanes of at least 4 members (excludes halogenated alkanes) is 2. The molecule has 0 aliphatic heterocycles. The quantitative estimate of drug-likeness (QED) is 0.384. The number of nitrogens with two attached hydrogens (primary N) is 1. The molecule has 5 nitrogen and oxygen atoms in total. The molecule has 1 aromatic rings. The van der Waals surface area contributed by atoms with Crippen LogP contribution in [0.15, 0.2) is 18.2 Å². The van der Waals surface area contributed by atoms with Crippen LogP contribution in [0.3, 0.4) is 0 Å². The highest BCUT2D eigenvalue weighted by Crippen LogP contribution is 2.23. The number of ether oxygens (including phenoxy) is 2. The van der Waals surface area contributed by atoms with E-state index in [1.54, 1.807) is 18.2 Å². The average molecular weight is 322 g/mol. The number of anilines is 1. The Labute approximate surface area is 139 Å². The molecule has 0 unspecified atom stereocenters. The molecule has 0 saturated heterocycles. The summed E-state index contributed by atoms with van der Waals surface area (Å²) in [5.74, 6) is 0.150. The Morgan fingerprint density at radius 2 is 1.87 bits per heavy atom. The maximum Gasteiger partial charge on any atom is 0.341 e. The van der Waals surface area contributed by atoms with Crippen LogP contribution in [0, 0.1) is 0 Å². The maximum atomic E-state index is 12.3. The van der Waals surface area contributed by atoms with E-state index in [9.17, 15) is 4.79 Å². The van der Waals surface area contributed by atoms with Crippen LogP contribution in [0.2, 0.25) is 0 Å². The Morgan fingerprint density at radius 1 is 1.13 bits per heavy atom. The molecule has 0 amide bonds. The van der Waals surface area contributed by atoms with Gasteiger partial charge in [-0.2, -0.15) is 0 Å². The number of rotatable bonds is 11. The number of hydrogen-bond donors (Lipinski definition) is 1. The standard InChI is InChI=1S/C18H30N2O3/c1-4-7-8-12-22-17-14-15(19)9-10-16(17)18(21)23-13-11-20(5-2)6-3/h9-10,14H,4-8,11-13,19H2,1-3H3. The van der Waals surface area contributed by atoms with Gasteiger partial charge in [-0.15, -0.1) is 0 Å². The Hall–Kier alpha value is -1.75. The predicted octanol–water partition coefficient (Wildman–Crippen LogP) is 3.34. The number of carbonyl (C=O) groups excluding carboxylic acids is 1. The van der Waals surface area contributed by atoms with Crippen molar-refractivity contribution in [2.45, 2.75) is 40.0 Å². The third-order valence-electron chi connectivity index (χ3n) is 3.77. The summed E-state index contributed by atoms with van der Waals surface area (Å²) in [6.07, 6.45) is 3.19. The fourth-order valence-corrected chi connectivity index (χ4v) is 2.25. The van der Waals surface area contributed by atoms with Crippen molar-refractivity contribution in [3.63, 3.8) is 0 Å². The van der Waals surface area contributed by atoms with E-state index in [4.69, 9.17) is 15.2 Å². The number of likely N-dealkylation sites (N-methyl/N-ethyl adjacent to an activating group) is 1. The topological polar surface area (TPSA) is 64.8 Å². The molecular weight excluding hydrogens is 292 g/mol. The first-order valence-corrected chi connectivity index (χ1v) is 8.54. The molecule has 5 heteroatoms. The smallest absolute Gasteiger partial charge is 0.341 e. The second kappa shape index (κ2) is 10.9. The molecule has 0 aliphatic carbocycles. The summed E-state index contributed by atoms with van der Waals surface area (Å²) in [6, 6.07) is 5.05. The Balaban J connectivity index is 2.60. The zero-order valence-corrected chi connectivity index (χ0v) is 14.6. The fourth-order valence-electron chi connectivity index (χ4n) is 2.25. The van der Waals surface area contributed by atoms with Gasteiger partial charge in [0.15, 0.2) is 0 Å². The number of benzene rings is 1. The predicted molar refractivity (Wildman–Crippen MR) is 93.9 cm³/mol. The normalized spacial score (nSPS) is 10.8. The molecule has 0 radical (unpaired) electrons. The molecule has 0 fully saturated rings. The van der Waals surface area contributed by atoms with E-state index < -0.39 is 0 Å². The van der Waals surface area contributed by atoms with Crippen LogP contribution in [-0.4, -0.2) is 43.7 Å². The van der Waals surface area contributed by atoms with Crippen molar-refractivity contribution in [3.8, 4) is 5.75 Å². The van der Waals surface area contributed by atoms with Crippen LogP contribution >= 0.6 is 0 Å². The van der Waals surface area contributed by atoms with E-state index in [0.29, 0.717) is 30.2 Å². The lowest BCUT2D eigenvalue weighted by Crippen LogP contribution is -2.28. The van der Waals surface area contributed by atoms with E-state index in [1.165, 1.54) is 0 Å². The van der Waals surface area contributed by atoms with Crippen LogP contribution in [0.4, 0.5) is 5.69 Å². The van der Waals surface area contributed by atoms with E-state index in [-0.39, 0.29) is 5.97 Å². The Morgan fingerprint density at radius 3 is 2.52 bits per heavy atom. The van der Waals surface area contributed by atoms with E-state index in [1.807, 2.05) is 0 Å². The molecule has 1 rings (SSSR count). The second-order valence-electron chi connectivity index (χ2n) is 5.47. The third-order valence-corrected chi connectivity index (χ3v) is 3.77. The van der Waals surface area contributed by atoms with Crippen molar-refractivity contribution in [1.29, 1.82) is 0 Å². The monoisotopic (exact) mass is 322 g/mol. The minimum Gasteiger partial charge on any atom is -0.493 e. The third kappa shape index (κ3) is 6.91. The van der Waals surface area contributed by atoms with Crippen LogP contribution in [0.5, 0.6) is 5.75 Å². The minimum absolute atomic E-state index is 0.359. The van der Waals surface area contributed by atoms with Gasteiger partial charge in [0.05, 0.1) is 6.61 Å². The molecule has 23 heavy (non-hydrogen) atoms. The first-order valence-electron chi connectivity index (χ1n) is 8.54. The number of carbonyl (C=O) groups is 1. The van der Waals surface area contributed by atoms with Crippen molar-refractivity contribution in [1.82, 2.24) is 4.90 Å². The number of nitrogen functional groups attached to an aromatic ring is 1. The van der Waals surface area contributed by atoms with Gasteiger partial charge in [-0.1, -0.05) is 33.6 Å². The summed E-state index contributed by atoms with van der Waals surface area (Å²) < 4.78 is 11.1. The number of nitrogens with zero attached hydrogens (tertiary/aromatic N) is 1. The van der Waals surface area contributed by atoms with Gasteiger partial charge in [0.2, 0.25) is 0 Å². The number of hydrogen-bond acceptors (Lipinski definition) is 5. The SMILES string of the molecule is CCCCCOc1cc(N)ccc1C(=O)OCCN(CC)CC. The molecule has 1 aromatic carbocycles. The lowest BCUT2D eigenvalue weighted by atomic mass is 10.2. The van der Waals surface area contributed by atoms with Crippen molar-refractivity contribution in [3.05, 3.63) is 23.8 Å². The summed E-state index contributed by atoms with van der Waals surface area (Å²) in [4.78, 5) is 14.5. The van der Waals surface area contributed by atoms with Crippen molar-refractivity contribution in [2.75, 3.05) is 38.6 Å². The van der Waals surface area contributed by atoms with Gasteiger partial charge in [0, 0.05) is 18.3 Å². The lowest BCUT2D eigenvalue weighted by Gasteiger charge is -2.18. The first kappa shape index (κ1) is 19.3. The van der Waals surface area contributed by atoms with Gasteiger partial charge in [-0.3, -0.25) is 0 Å². The first-order chi connectivity index (χ1) is 11.1. The molecule has 0 bridgehead atoms. The van der Waals surface area contributed by atoms with Crippen molar-refractivity contribution >= 4 is 11.7 Å². The van der Waals surface area contributed by atoms with Crippen molar-refractivity contribution < 1.29 is 14.3 Å². The van der Waals surface area contributed by atoms with E-state index in [2.05, 4.69) is 25.7 Å². The van der Waals surface area contributed by atoms with Crippen LogP contribution < -0.4 is 10.5 Å². The average Bonchev–Trinajstić information content (AvgIpc) is 2.55. The highest BCUT2D eigenvalue weighted by Gasteiger charge is 2.15. The zero-order chi connectivity index (χ0) is 17.1. The molecule has 0 heterocycles. The maximum absolute atomic E-state index is 12.3. The van der Waals surface area contributed by atoms with E-state index in [0.717, 1.165) is 38.9 Å². The molecule has 130 valence electrons. The van der Waals surface area contributed by atoms with Gasteiger partial charge in [0.1, 0.15) is 17.9 Å². The molecule has 0 atom stereocenters. The Bertz CT molecular complexity index is 473. The van der Waals surface area contributed by atoms with Gasteiger partial charge >= 0.3 is 5.97 Å². The largest absolute Gasteiger partial charge is 0.493 e. The molecule has 0 saturated carbocycles. The van der Waals surface area contributed by atoms with E-state index >= 15 is 0 Å². The zero-order valence-electron chi connectivity index (χ0n) is 14.6. The van der Waals surface area contributed by atoms with Crippen molar-refractivity contribution in [2.24, 2.45) is 0 Å². The van der Waals surface area contributed by atoms with Crippen LogP contribution in [-0.2, 0) is 4.74 Å². The summed E-state index contributed by atoms with van der Waals surface area (Å²) in [5.41, 5.74) is 6.81. The highest BCUT2D eigenvalue weighted by atomic mass is 16.5. The summed E-state index contributed by atoms with van der Waals surface area (Å²) in [5, 5.41) is 0. The van der Waals surface area contributed by atoms with Gasteiger partial charge < -0.3 is 20.1 Å². The molecular formula is C18H30N2O3. The summed E-state index contributed by atoms with van der Waals surface area (Å²) >= 11 is 0. The molecule has 2 N–H and O–H groups in total. The Kier molecular flexibility index (Phi) is 9.14. The lowest BCUT2D eigenvalue weighted by molar-refractivity contribution is 0.0462.